The van der Waals surface area contributed by atoms with Crippen LogP contribution in [0.1, 0.15) is 70.9 Å². The van der Waals surface area contributed by atoms with E-state index < -0.39 is 78.2 Å². The zero-order valence-corrected chi connectivity index (χ0v) is 30.3. The fourth-order valence-electron chi connectivity index (χ4n) is 4.72. The molecule has 0 aliphatic heterocycles. The summed E-state index contributed by atoms with van der Waals surface area (Å²) in [6.45, 7) is 0.585. The van der Waals surface area contributed by atoms with Gasteiger partial charge in [-0.3, -0.25) is 0 Å². The van der Waals surface area contributed by atoms with Gasteiger partial charge < -0.3 is 14.2 Å². The molecule has 5 nitrogen and oxygen atoms in total. The molecule has 330 valence electrons. The summed E-state index contributed by atoms with van der Waals surface area (Å²) in [7, 11) is 0. The zero-order valence-electron chi connectivity index (χ0n) is 30.3. The molecule has 0 spiro atoms. The van der Waals surface area contributed by atoms with Gasteiger partial charge in [-0.05, 0) is 79.2 Å². The number of halogens is 17. The Hall–Kier alpha value is -5.23. The van der Waals surface area contributed by atoms with Gasteiger partial charge in [0.25, 0.3) is 0 Å². The van der Waals surface area contributed by atoms with E-state index in [1.807, 2.05) is 0 Å². The Morgan fingerprint density at radius 1 is 0.483 bits per heavy atom. The summed E-state index contributed by atoms with van der Waals surface area (Å²) in [6, 6.07) is 16.2. The second kappa shape index (κ2) is 18.2. The van der Waals surface area contributed by atoms with Crippen LogP contribution in [0, 0.1) is 11.8 Å². The van der Waals surface area contributed by atoms with Crippen LogP contribution in [0.4, 0.5) is 74.6 Å². The molecule has 0 amide bonds. The highest BCUT2D eigenvalue weighted by Crippen LogP contribution is 2.64. The van der Waals surface area contributed by atoms with Crippen LogP contribution >= 0.6 is 0 Å². The van der Waals surface area contributed by atoms with Crippen LogP contribution in [0.5, 0.6) is 11.5 Å². The molecule has 0 N–H and O–H groups in total. The van der Waals surface area contributed by atoms with Gasteiger partial charge in [0.1, 0.15) is 11.5 Å². The zero-order chi connectivity index (χ0) is 45.6. The van der Waals surface area contributed by atoms with E-state index >= 15 is 0 Å². The molecule has 3 rings (SSSR count). The summed E-state index contributed by atoms with van der Waals surface area (Å²) in [5.41, 5.74) is 0.570. The molecule has 0 bridgehead atoms. The fraction of sp³-hybridized carbons (Fsp3) is 0.421. The molecule has 60 heavy (non-hydrogen) atoms. The van der Waals surface area contributed by atoms with Gasteiger partial charge in [-0.1, -0.05) is 38.0 Å². The molecular weight excluding hydrogens is 859 g/mol. The van der Waals surface area contributed by atoms with Crippen molar-refractivity contribution in [2.45, 2.75) is 86.7 Å². The lowest BCUT2D eigenvalue weighted by Gasteiger charge is -2.42. The maximum Gasteiger partial charge on any atom is 0.460 e. The van der Waals surface area contributed by atoms with Crippen molar-refractivity contribution < 1.29 is 98.4 Å². The summed E-state index contributed by atoms with van der Waals surface area (Å²) in [4.78, 5) is 24.7. The quantitative estimate of drug-likeness (QED) is 0.0419. The van der Waals surface area contributed by atoms with Crippen molar-refractivity contribution in [3.8, 4) is 23.3 Å². The van der Waals surface area contributed by atoms with Crippen LogP contribution in [-0.2, 0) is 4.74 Å². The smallest absolute Gasteiger partial charge is 0.460 e. The maximum atomic E-state index is 14.1. The van der Waals surface area contributed by atoms with E-state index in [1.54, 1.807) is 24.3 Å². The standard InChI is InChI=1S/C38H29F17O5/c1-2-3-4-5-21-58-27-16-10-24(11-17-27)7-6-23-8-12-26(13-9-23)30(57)60-28-18-14-25(15-19-28)29(56)59-22-20-31(39,40)32(41,42)33(43,44)34(45,46)35(47,48)36(49,50)37(51,52)38(53,54)55/h8-19H,2-5,20-22H2,1H3. The number of unbranched alkanes of at least 4 members (excludes halogenated alkanes) is 3. The van der Waals surface area contributed by atoms with Gasteiger partial charge in [0, 0.05) is 11.1 Å². The van der Waals surface area contributed by atoms with Crippen molar-refractivity contribution in [3.63, 3.8) is 0 Å². The maximum absolute atomic E-state index is 14.1. The number of benzene rings is 3. The summed E-state index contributed by atoms with van der Waals surface area (Å²) in [5.74, 6) is -53.7. The minimum atomic E-state index is -8.74. The van der Waals surface area contributed by atoms with Crippen LogP contribution in [0.25, 0.3) is 0 Å². The normalized spacial score (nSPS) is 13.3. The highest BCUT2D eigenvalue weighted by atomic mass is 19.4. The highest BCUT2D eigenvalue weighted by molar-refractivity contribution is 5.92. The lowest BCUT2D eigenvalue weighted by atomic mass is 9.88. The van der Waals surface area contributed by atoms with Crippen LogP contribution < -0.4 is 9.47 Å². The molecule has 0 aromatic heterocycles. The monoisotopic (exact) mass is 888 g/mol. The molecule has 0 aliphatic rings. The number of hydrogen-bond donors (Lipinski definition) is 0. The van der Waals surface area contributed by atoms with Crippen LogP contribution in [-0.4, -0.2) is 72.8 Å². The topological polar surface area (TPSA) is 61.8 Å². The molecule has 0 fully saturated rings. The molecule has 22 heteroatoms. The molecule has 0 saturated heterocycles. The first-order valence-electron chi connectivity index (χ1n) is 17.0. The van der Waals surface area contributed by atoms with Gasteiger partial charge in [-0.25, -0.2) is 9.59 Å². The second-order valence-corrected chi connectivity index (χ2v) is 12.7. The van der Waals surface area contributed by atoms with Crippen LogP contribution in [0.2, 0.25) is 0 Å². The van der Waals surface area contributed by atoms with Crippen molar-refractivity contribution in [3.05, 3.63) is 95.1 Å². The van der Waals surface area contributed by atoms with E-state index in [2.05, 4.69) is 23.5 Å². The third-order valence-electron chi connectivity index (χ3n) is 8.33. The number of alkyl halides is 17. The largest absolute Gasteiger partial charge is 0.494 e. The average molecular weight is 889 g/mol. The number of rotatable bonds is 18. The molecular formula is C38H29F17O5. The Labute approximate surface area is 328 Å². The highest BCUT2D eigenvalue weighted by Gasteiger charge is 2.95. The van der Waals surface area contributed by atoms with Gasteiger partial charge in [0.2, 0.25) is 0 Å². The van der Waals surface area contributed by atoms with E-state index in [9.17, 15) is 84.2 Å². The Balaban J connectivity index is 1.59. The van der Waals surface area contributed by atoms with Gasteiger partial charge >= 0.3 is 59.6 Å². The van der Waals surface area contributed by atoms with E-state index in [1.165, 1.54) is 24.3 Å². The number of carbonyl (C=O) groups excluding carboxylic acids is 2. The first kappa shape index (κ1) is 49.1. The summed E-state index contributed by atoms with van der Waals surface area (Å²) >= 11 is 0. The van der Waals surface area contributed by atoms with Gasteiger partial charge in [-0.15, -0.1) is 0 Å². The van der Waals surface area contributed by atoms with E-state index in [4.69, 9.17) is 9.47 Å². The molecule has 0 unspecified atom stereocenters. The number of carbonyl (C=O) groups is 2. The lowest BCUT2D eigenvalue weighted by Crippen LogP contribution is -2.74. The fourth-order valence-corrected chi connectivity index (χ4v) is 4.72. The minimum Gasteiger partial charge on any atom is -0.494 e. The number of esters is 2. The van der Waals surface area contributed by atoms with Gasteiger partial charge in [0.15, 0.2) is 0 Å². The van der Waals surface area contributed by atoms with Crippen LogP contribution in [0.3, 0.4) is 0 Å². The number of hydrogen-bond acceptors (Lipinski definition) is 5. The predicted molar refractivity (Wildman–Crippen MR) is 175 cm³/mol. The average Bonchev–Trinajstić information content (AvgIpc) is 3.16. The Morgan fingerprint density at radius 3 is 1.38 bits per heavy atom. The van der Waals surface area contributed by atoms with Gasteiger partial charge in [0.05, 0.1) is 30.8 Å². The molecule has 0 radical (unpaired) electrons. The lowest BCUT2D eigenvalue weighted by molar-refractivity contribution is -0.461. The van der Waals surface area contributed by atoms with E-state index in [0.717, 1.165) is 49.9 Å². The van der Waals surface area contributed by atoms with Crippen molar-refractivity contribution in [1.82, 2.24) is 0 Å². The number of ether oxygens (including phenoxy) is 3. The Morgan fingerprint density at radius 2 is 0.900 bits per heavy atom. The first-order valence-corrected chi connectivity index (χ1v) is 17.0. The molecule has 3 aromatic carbocycles. The second-order valence-electron chi connectivity index (χ2n) is 12.7. The SMILES string of the molecule is CCCCCCOc1ccc(C#Cc2ccc(C(=O)Oc3ccc(C(=O)OCCC(F)(F)C(F)(F)C(F)(F)C(F)(F)C(F)(F)C(F)(F)C(F)(F)C(F)(F)F)cc3)cc2)cc1. The first-order chi connectivity index (χ1) is 27.5. The molecule has 0 saturated carbocycles. The summed E-state index contributed by atoms with van der Waals surface area (Å²) in [5, 5.41) is 0. The van der Waals surface area contributed by atoms with E-state index in [-0.39, 0.29) is 11.3 Å². The predicted octanol–water partition coefficient (Wildman–Crippen LogP) is 11.8. The van der Waals surface area contributed by atoms with Crippen molar-refractivity contribution in [1.29, 1.82) is 0 Å². The molecule has 0 aliphatic carbocycles. The minimum absolute atomic E-state index is 0.0159. The van der Waals surface area contributed by atoms with Crippen molar-refractivity contribution >= 4 is 11.9 Å². The molecule has 0 heterocycles. The van der Waals surface area contributed by atoms with Gasteiger partial charge in [-0.2, -0.15) is 74.6 Å². The third-order valence-corrected chi connectivity index (χ3v) is 8.33. The van der Waals surface area contributed by atoms with Crippen molar-refractivity contribution in [2.24, 2.45) is 0 Å². The molecule has 0 atom stereocenters. The Bertz CT molecular complexity index is 1980. The van der Waals surface area contributed by atoms with Crippen LogP contribution in [0.15, 0.2) is 72.8 Å². The summed E-state index contributed by atoms with van der Waals surface area (Å²) < 4.78 is 244. The third kappa shape index (κ3) is 10.0. The molecule has 3 aromatic rings. The summed E-state index contributed by atoms with van der Waals surface area (Å²) in [6.07, 6.45) is -6.56. The Kier molecular flexibility index (Phi) is 14.9. The van der Waals surface area contributed by atoms with Crippen molar-refractivity contribution in [2.75, 3.05) is 13.2 Å². The van der Waals surface area contributed by atoms with E-state index in [0.29, 0.717) is 23.5 Å².